The second-order valence-corrected chi connectivity index (χ2v) is 4.26. The first-order chi connectivity index (χ1) is 6.83. The second kappa shape index (κ2) is 4.14. The third kappa shape index (κ3) is 3.16. The summed E-state index contributed by atoms with van der Waals surface area (Å²) in [4.78, 5) is 0. The van der Waals surface area contributed by atoms with Crippen molar-refractivity contribution in [3.05, 3.63) is 29.3 Å². The Morgan fingerprint density at radius 2 is 1.73 bits per heavy atom. The van der Waals surface area contributed by atoms with Crippen molar-refractivity contribution in [2.75, 3.05) is 7.11 Å². The fourth-order valence-electron chi connectivity index (χ4n) is 1.44. The van der Waals surface area contributed by atoms with Gasteiger partial charge in [0.15, 0.2) is 17.4 Å². The standard InChI is InChI=1S/C11H15F2NO/c1-11(2,14)6-7-4-8(12)10(15-3)9(13)5-7/h4-5H,6,14H2,1-3H3. The van der Waals surface area contributed by atoms with Gasteiger partial charge >= 0.3 is 0 Å². The average Bonchev–Trinajstić information content (AvgIpc) is 1.99. The lowest BCUT2D eigenvalue weighted by Crippen LogP contribution is -2.34. The molecule has 0 unspecified atom stereocenters. The number of benzene rings is 1. The van der Waals surface area contributed by atoms with Gasteiger partial charge in [-0.15, -0.1) is 0 Å². The molecular formula is C11H15F2NO. The van der Waals surface area contributed by atoms with E-state index in [-0.39, 0.29) is 5.75 Å². The number of ether oxygens (including phenoxy) is 1. The van der Waals surface area contributed by atoms with Gasteiger partial charge in [-0.1, -0.05) is 0 Å². The highest BCUT2D eigenvalue weighted by Crippen LogP contribution is 2.24. The van der Waals surface area contributed by atoms with Gasteiger partial charge < -0.3 is 10.5 Å². The van der Waals surface area contributed by atoms with Crippen LogP contribution in [0.3, 0.4) is 0 Å². The smallest absolute Gasteiger partial charge is 0.190 e. The van der Waals surface area contributed by atoms with E-state index in [0.29, 0.717) is 12.0 Å². The van der Waals surface area contributed by atoms with Crippen molar-refractivity contribution in [3.63, 3.8) is 0 Å². The van der Waals surface area contributed by atoms with Crippen LogP contribution in [-0.2, 0) is 6.42 Å². The maximum absolute atomic E-state index is 13.3. The molecule has 0 saturated heterocycles. The van der Waals surface area contributed by atoms with Crippen molar-refractivity contribution in [3.8, 4) is 5.75 Å². The molecule has 0 heterocycles. The van der Waals surface area contributed by atoms with E-state index in [1.807, 2.05) is 0 Å². The molecule has 0 atom stereocenters. The summed E-state index contributed by atoms with van der Waals surface area (Å²) in [5.41, 5.74) is 5.80. The Morgan fingerprint density at radius 3 is 2.07 bits per heavy atom. The maximum Gasteiger partial charge on any atom is 0.190 e. The van der Waals surface area contributed by atoms with Crippen molar-refractivity contribution in [2.45, 2.75) is 25.8 Å². The lowest BCUT2D eigenvalue weighted by molar-refractivity contribution is 0.358. The quantitative estimate of drug-likeness (QED) is 0.839. The number of methoxy groups -OCH3 is 1. The molecule has 1 rings (SSSR count). The van der Waals surface area contributed by atoms with Crippen LogP contribution in [-0.4, -0.2) is 12.6 Å². The zero-order chi connectivity index (χ0) is 11.6. The SMILES string of the molecule is COc1c(F)cc(CC(C)(C)N)cc1F. The minimum atomic E-state index is -0.697. The Hall–Kier alpha value is -1.16. The molecule has 0 amide bonds. The van der Waals surface area contributed by atoms with Crippen LogP contribution in [0.5, 0.6) is 5.75 Å². The molecule has 4 heteroatoms. The zero-order valence-electron chi connectivity index (χ0n) is 9.10. The van der Waals surface area contributed by atoms with E-state index in [4.69, 9.17) is 5.73 Å². The van der Waals surface area contributed by atoms with E-state index >= 15 is 0 Å². The summed E-state index contributed by atoms with van der Waals surface area (Å²) >= 11 is 0. The molecule has 84 valence electrons. The molecule has 0 aromatic heterocycles. The molecule has 0 aliphatic carbocycles. The highest BCUT2D eigenvalue weighted by Gasteiger charge is 2.16. The topological polar surface area (TPSA) is 35.2 Å². The molecule has 0 aliphatic heterocycles. The molecule has 0 saturated carbocycles. The third-order valence-electron chi connectivity index (χ3n) is 1.92. The van der Waals surface area contributed by atoms with Gasteiger partial charge in [0.2, 0.25) is 0 Å². The Labute approximate surface area is 88.0 Å². The second-order valence-electron chi connectivity index (χ2n) is 4.26. The summed E-state index contributed by atoms with van der Waals surface area (Å²) in [6, 6.07) is 2.49. The predicted molar refractivity (Wildman–Crippen MR) is 54.9 cm³/mol. The van der Waals surface area contributed by atoms with Gasteiger partial charge in [0, 0.05) is 5.54 Å². The molecular weight excluding hydrogens is 200 g/mol. The lowest BCUT2D eigenvalue weighted by Gasteiger charge is -2.18. The largest absolute Gasteiger partial charge is 0.491 e. The van der Waals surface area contributed by atoms with Gasteiger partial charge in [0.1, 0.15) is 0 Å². The highest BCUT2D eigenvalue weighted by molar-refractivity contribution is 5.32. The normalized spacial score (nSPS) is 11.6. The fourth-order valence-corrected chi connectivity index (χ4v) is 1.44. The van der Waals surface area contributed by atoms with Crippen molar-refractivity contribution < 1.29 is 13.5 Å². The Morgan fingerprint density at radius 1 is 1.27 bits per heavy atom. The number of hydrogen-bond acceptors (Lipinski definition) is 2. The van der Waals surface area contributed by atoms with E-state index in [0.717, 1.165) is 0 Å². The van der Waals surface area contributed by atoms with Crippen molar-refractivity contribution >= 4 is 0 Å². The van der Waals surface area contributed by atoms with E-state index in [9.17, 15) is 8.78 Å². The predicted octanol–water partition coefficient (Wildman–Crippen LogP) is 2.25. The molecule has 0 radical (unpaired) electrons. The first-order valence-corrected chi connectivity index (χ1v) is 4.64. The molecule has 0 fully saturated rings. The minimum Gasteiger partial charge on any atom is -0.491 e. The molecule has 0 spiro atoms. The Kier molecular flexibility index (Phi) is 3.29. The van der Waals surface area contributed by atoms with Gasteiger partial charge in [-0.2, -0.15) is 0 Å². The van der Waals surface area contributed by atoms with Crippen LogP contribution in [0.2, 0.25) is 0 Å². The summed E-state index contributed by atoms with van der Waals surface area (Å²) in [6.45, 7) is 3.60. The number of rotatable bonds is 3. The van der Waals surface area contributed by atoms with Crippen LogP contribution in [0.4, 0.5) is 8.78 Å². The van der Waals surface area contributed by atoms with Crippen molar-refractivity contribution in [1.29, 1.82) is 0 Å². The maximum atomic E-state index is 13.3. The van der Waals surface area contributed by atoms with Crippen LogP contribution in [0.1, 0.15) is 19.4 Å². The summed E-state index contributed by atoms with van der Waals surface area (Å²) in [6.07, 6.45) is 0.408. The summed E-state index contributed by atoms with van der Waals surface area (Å²) in [5.74, 6) is -1.75. The zero-order valence-corrected chi connectivity index (χ0v) is 9.10. The first-order valence-electron chi connectivity index (χ1n) is 4.64. The fraction of sp³-hybridized carbons (Fsp3) is 0.455. The minimum absolute atomic E-state index is 0.353. The van der Waals surface area contributed by atoms with Gasteiger partial charge in [0.05, 0.1) is 7.11 Å². The average molecular weight is 215 g/mol. The molecule has 1 aromatic rings. The number of halogens is 2. The van der Waals surface area contributed by atoms with E-state index in [2.05, 4.69) is 4.74 Å². The molecule has 1 aromatic carbocycles. The molecule has 0 aliphatic rings. The van der Waals surface area contributed by atoms with Crippen LogP contribution in [0, 0.1) is 11.6 Å². The molecule has 0 bridgehead atoms. The van der Waals surface area contributed by atoms with Crippen molar-refractivity contribution in [1.82, 2.24) is 0 Å². The summed E-state index contributed by atoms with van der Waals surface area (Å²) in [7, 11) is 1.23. The Balaban J connectivity index is 3.04. The van der Waals surface area contributed by atoms with Crippen molar-refractivity contribution in [2.24, 2.45) is 5.73 Å². The highest BCUT2D eigenvalue weighted by atomic mass is 19.1. The van der Waals surface area contributed by atoms with Crippen LogP contribution in [0.15, 0.2) is 12.1 Å². The summed E-state index contributed by atoms with van der Waals surface area (Å²) < 4.78 is 31.1. The molecule has 2 nitrogen and oxygen atoms in total. The molecule has 2 N–H and O–H groups in total. The summed E-state index contributed by atoms with van der Waals surface area (Å²) in [5, 5.41) is 0. The van der Waals surface area contributed by atoms with Crippen LogP contribution in [0.25, 0.3) is 0 Å². The van der Waals surface area contributed by atoms with E-state index in [1.165, 1.54) is 19.2 Å². The van der Waals surface area contributed by atoms with Gasteiger partial charge in [0.25, 0.3) is 0 Å². The third-order valence-corrected chi connectivity index (χ3v) is 1.92. The van der Waals surface area contributed by atoms with E-state index < -0.39 is 17.2 Å². The van der Waals surface area contributed by atoms with Gasteiger partial charge in [-0.25, -0.2) is 8.78 Å². The van der Waals surface area contributed by atoms with Crippen LogP contribution >= 0.6 is 0 Å². The first kappa shape index (κ1) is 11.9. The monoisotopic (exact) mass is 215 g/mol. The van der Waals surface area contributed by atoms with Gasteiger partial charge in [-0.05, 0) is 38.0 Å². The van der Waals surface area contributed by atoms with Gasteiger partial charge in [-0.3, -0.25) is 0 Å². The van der Waals surface area contributed by atoms with Crippen LogP contribution < -0.4 is 10.5 Å². The number of nitrogens with two attached hydrogens (primary N) is 1. The lowest BCUT2D eigenvalue weighted by atomic mass is 9.96. The van der Waals surface area contributed by atoms with E-state index in [1.54, 1.807) is 13.8 Å². The number of hydrogen-bond donors (Lipinski definition) is 1. The molecule has 15 heavy (non-hydrogen) atoms. The Bertz CT molecular complexity index is 335.